The van der Waals surface area contributed by atoms with Crippen LogP contribution in [0.15, 0.2) is 41.7 Å². The standard InChI is InChI=1S/C19H13F8N5S/c1-2-33-16-12-4-3-11(18(22,23)24)6-13(12)30-32(16)15-5-10-7-29-31(14(10)8-28-15)9-17(20,21)19(25,26)27/h3-8H,2,9H2,1H3. The van der Waals surface area contributed by atoms with Crippen molar-refractivity contribution < 1.29 is 35.1 Å². The van der Waals surface area contributed by atoms with Crippen molar-refractivity contribution >= 4 is 33.6 Å². The Bertz CT molecular complexity index is 1320. The van der Waals surface area contributed by atoms with E-state index in [1.165, 1.54) is 28.6 Å². The molecular weight excluding hydrogens is 482 g/mol. The predicted molar refractivity (Wildman–Crippen MR) is 105 cm³/mol. The first-order chi connectivity index (χ1) is 15.3. The Labute approximate surface area is 184 Å². The normalized spacial score (nSPS) is 13.4. The van der Waals surface area contributed by atoms with Gasteiger partial charge >= 0.3 is 18.3 Å². The Morgan fingerprint density at radius 3 is 2.33 bits per heavy atom. The summed E-state index contributed by atoms with van der Waals surface area (Å²) < 4.78 is 106. The summed E-state index contributed by atoms with van der Waals surface area (Å²) in [5.74, 6) is -4.29. The number of nitrogens with zero attached hydrogens (tertiary/aromatic N) is 5. The Hall–Kier alpha value is -2.90. The molecule has 1 aromatic carbocycles. The molecule has 5 nitrogen and oxygen atoms in total. The topological polar surface area (TPSA) is 48.5 Å². The highest BCUT2D eigenvalue weighted by Gasteiger charge is 2.57. The second kappa shape index (κ2) is 7.85. The molecule has 0 aliphatic heterocycles. The van der Waals surface area contributed by atoms with Crippen LogP contribution < -0.4 is 0 Å². The lowest BCUT2D eigenvalue weighted by atomic mass is 10.1. The Morgan fingerprint density at radius 1 is 0.970 bits per heavy atom. The molecule has 0 amide bonds. The number of benzene rings is 1. The zero-order valence-electron chi connectivity index (χ0n) is 16.5. The van der Waals surface area contributed by atoms with Gasteiger partial charge in [0.25, 0.3) is 0 Å². The van der Waals surface area contributed by atoms with Crippen LogP contribution in [-0.2, 0) is 12.7 Å². The molecule has 0 N–H and O–H groups in total. The summed E-state index contributed by atoms with van der Waals surface area (Å²) >= 11 is 1.30. The molecule has 0 spiro atoms. The Morgan fingerprint density at radius 2 is 1.70 bits per heavy atom. The number of hydrogen-bond acceptors (Lipinski definition) is 4. The highest BCUT2D eigenvalue weighted by atomic mass is 32.2. The largest absolute Gasteiger partial charge is 0.455 e. The zero-order chi connectivity index (χ0) is 24.2. The number of fused-ring (bicyclic) bond motifs is 2. The third kappa shape index (κ3) is 4.23. The van der Waals surface area contributed by atoms with Crippen LogP contribution in [0, 0.1) is 0 Å². The number of pyridine rings is 1. The van der Waals surface area contributed by atoms with Crippen LogP contribution in [0.5, 0.6) is 0 Å². The van der Waals surface area contributed by atoms with E-state index >= 15 is 0 Å². The fourth-order valence-corrected chi connectivity index (χ4v) is 4.01. The Kier molecular flexibility index (Phi) is 5.53. The highest BCUT2D eigenvalue weighted by molar-refractivity contribution is 7.99. The average Bonchev–Trinajstić information content (AvgIpc) is 3.27. The predicted octanol–water partition coefficient (Wildman–Crippen LogP) is 6.10. The molecule has 0 aliphatic carbocycles. The van der Waals surface area contributed by atoms with Crippen LogP contribution in [0.25, 0.3) is 27.6 Å². The van der Waals surface area contributed by atoms with E-state index in [2.05, 4.69) is 15.2 Å². The van der Waals surface area contributed by atoms with Crippen molar-refractivity contribution in [1.82, 2.24) is 24.5 Å². The summed E-state index contributed by atoms with van der Waals surface area (Å²) in [4.78, 5) is 4.09. The lowest BCUT2D eigenvalue weighted by Gasteiger charge is -2.19. The molecule has 176 valence electrons. The van der Waals surface area contributed by atoms with Gasteiger partial charge in [0.2, 0.25) is 0 Å². The molecule has 0 saturated carbocycles. The van der Waals surface area contributed by atoms with Crippen LogP contribution in [0.1, 0.15) is 12.5 Å². The highest BCUT2D eigenvalue weighted by Crippen LogP contribution is 2.38. The van der Waals surface area contributed by atoms with Crippen LogP contribution in [0.2, 0.25) is 0 Å². The van der Waals surface area contributed by atoms with E-state index in [-0.39, 0.29) is 22.2 Å². The van der Waals surface area contributed by atoms with Gasteiger partial charge in [0.15, 0.2) is 5.82 Å². The van der Waals surface area contributed by atoms with Crippen LogP contribution in [0.3, 0.4) is 0 Å². The van der Waals surface area contributed by atoms with Gasteiger partial charge in [0, 0.05) is 10.8 Å². The summed E-state index contributed by atoms with van der Waals surface area (Å²) in [5, 5.41) is 8.99. The van der Waals surface area contributed by atoms with Gasteiger partial charge in [-0.25, -0.2) is 9.67 Å². The van der Waals surface area contributed by atoms with Crippen LogP contribution in [0.4, 0.5) is 35.1 Å². The molecule has 3 heterocycles. The minimum absolute atomic E-state index is 0.0663. The SMILES string of the molecule is CCSc1c2ccc(C(F)(F)F)cc2nn1-c1cc2cnn(CC(F)(F)C(F)(F)F)c2cn1. The third-order valence-electron chi connectivity index (χ3n) is 4.73. The van der Waals surface area contributed by atoms with Crippen molar-refractivity contribution in [3.8, 4) is 5.82 Å². The van der Waals surface area contributed by atoms with Crippen molar-refractivity contribution in [3.05, 3.63) is 42.2 Å². The molecule has 33 heavy (non-hydrogen) atoms. The maximum absolute atomic E-state index is 13.4. The molecule has 3 aromatic heterocycles. The van der Waals surface area contributed by atoms with E-state index in [9.17, 15) is 35.1 Å². The zero-order valence-corrected chi connectivity index (χ0v) is 17.4. The molecule has 14 heteroatoms. The van der Waals surface area contributed by atoms with E-state index in [1.807, 2.05) is 6.92 Å². The van der Waals surface area contributed by atoms with Gasteiger partial charge in [0.05, 0.1) is 29.0 Å². The van der Waals surface area contributed by atoms with Crippen molar-refractivity contribution in [3.63, 3.8) is 0 Å². The fraction of sp³-hybridized carbons (Fsp3) is 0.316. The summed E-state index contributed by atoms with van der Waals surface area (Å²) in [6.07, 6.45) is -8.13. The number of rotatable bonds is 5. The minimum Gasteiger partial charge on any atom is -0.257 e. The summed E-state index contributed by atoms with van der Waals surface area (Å²) in [6.45, 7) is 0.114. The van der Waals surface area contributed by atoms with E-state index in [1.54, 1.807) is 0 Å². The third-order valence-corrected chi connectivity index (χ3v) is 5.69. The van der Waals surface area contributed by atoms with E-state index in [4.69, 9.17) is 0 Å². The van der Waals surface area contributed by atoms with E-state index in [0.29, 0.717) is 20.8 Å². The van der Waals surface area contributed by atoms with Gasteiger partial charge < -0.3 is 0 Å². The van der Waals surface area contributed by atoms with Gasteiger partial charge in [-0.2, -0.15) is 45.3 Å². The van der Waals surface area contributed by atoms with Crippen molar-refractivity contribution in [2.75, 3.05) is 5.75 Å². The van der Waals surface area contributed by atoms with Gasteiger partial charge in [-0.3, -0.25) is 4.68 Å². The molecule has 0 bridgehead atoms. The Balaban J connectivity index is 1.78. The molecule has 0 aliphatic rings. The first kappa shape index (κ1) is 23.3. The lowest BCUT2D eigenvalue weighted by molar-refractivity contribution is -0.287. The average molecular weight is 495 g/mol. The number of hydrogen-bond donors (Lipinski definition) is 0. The first-order valence-corrected chi connectivity index (χ1v) is 10.3. The van der Waals surface area contributed by atoms with Crippen molar-refractivity contribution in [2.24, 2.45) is 0 Å². The fourth-order valence-electron chi connectivity index (χ4n) is 3.15. The van der Waals surface area contributed by atoms with Gasteiger partial charge in [-0.1, -0.05) is 6.92 Å². The van der Waals surface area contributed by atoms with Crippen molar-refractivity contribution in [1.29, 1.82) is 0 Å². The molecule has 0 atom stereocenters. The van der Waals surface area contributed by atoms with Gasteiger partial charge in [-0.05, 0) is 30.0 Å². The molecule has 0 unspecified atom stereocenters. The maximum Gasteiger partial charge on any atom is 0.455 e. The monoisotopic (exact) mass is 495 g/mol. The molecule has 0 radical (unpaired) electrons. The minimum atomic E-state index is -5.74. The van der Waals surface area contributed by atoms with Crippen LogP contribution in [-0.4, -0.2) is 42.4 Å². The number of halogens is 8. The lowest BCUT2D eigenvalue weighted by Crippen LogP contribution is -2.40. The molecule has 4 aromatic rings. The molecule has 0 saturated heterocycles. The quantitative estimate of drug-likeness (QED) is 0.248. The van der Waals surface area contributed by atoms with Gasteiger partial charge in [0.1, 0.15) is 11.6 Å². The number of thioether (sulfide) groups is 1. The molecule has 4 rings (SSSR count). The number of aromatic nitrogens is 5. The first-order valence-electron chi connectivity index (χ1n) is 9.31. The van der Waals surface area contributed by atoms with Gasteiger partial charge in [-0.15, -0.1) is 11.8 Å². The molecular formula is C19H13F8N5S. The van der Waals surface area contributed by atoms with Crippen LogP contribution >= 0.6 is 11.8 Å². The summed E-state index contributed by atoms with van der Waals surface area (Å²) in [7, 11) is 0. The number of alkyl halides is 8. The summed E-state index contributed by atoms with van der Waals surface area (Å²) in [6, 6.07) is 4.51. The van der Waals surface area contributed by atoms with E-state index < -0.39 is 30.4 Å². The second-order valence-corrected chi connectivity index (χ2v) is 8.24. The summed E-state index contributed by atoms with van der Waals surface area (Å²) in [5.41, 5.74) is -0.866. The van der Waals surface area contributed by atoms with Crippen molar-refractivity contribution in [2.45, 2.75) is 36.8 Å². The maximum atomic E-state index is 13.4. The van der Waals surface area contributed by atoms with E-state index in [0.717, 1.165) is 24.5 Å². The smallest absolute Gasteiger partial charge is 0.257 e. The molecule has 0 fully saturated rings. The second-order valence-electron chi connectivity index (χ2n) is 6.99.